The van der Waals surface area contributed by atoms with Gasteiger partial charge < -0.3 is 20.1 Å². The summed E-state index contributed by atoms with van der Waals surface area (Å²) in [4.78, 5) is 26.1. The minimum Gasteiger partial charge on any atom is -0.507 e. The average molecular weight is 344 g/mol. The molecule has 2 N–H and O–H groups in total. The van der Waals surface area contributed by atoms with Crippen molar-refractivity contribution >= 4 is 11.9 Å². The van der Waals surface area contributed by atoms with Crippen LogP contribution in [0.1, 0.15) is 33.3 Å². The monoisotopic (exact) mass is 344 g/mol. The Morgan fingerprint density at radius 2 is 1.96 bits per heavy atom. The van der Waals surface area contributed by atoms with Gasteiger partial charge in [0, 0.05) is 12.6 Å². The molecule has 2 rings (SSSR count). The first kappa shape index (κ1) is 18.6. The van der Waals surface area contributed by atoms with Crippen molar-refractivity contribution in [3.05, 3.63) is 59.0 Å². The maximum Gasteiger partial charge on any atom is 0.337 e. The van der Waals surface area contributed by atoms with Crippen LogP contribution in [0.4, 0.5) is 0 Å². The molecular weight excluding hydrogens is 320 g/mol. The van der Waals surface area contributed by atoms with E-state index in [9.17, 15) is 14.7 Å². The summed E-state index contributed by atoms with van der Waals surface area (Å²) in [7, 11) is 0. The Labute approximate surface area is 147 Å². The fourth-order valence-electron chi connectivity index (χ4n) is 2.57. The molecule has 25 heavy (non-hydrogen) atoms. The second-order valence-corrected chi connectivity index (χ2v) is 6.35. The lowest BCUT2D eigenvalue weighted by atomic mass is 10.1. The van der Waals surface area contributed by atoms with Crippen molar-refractivity contribution in [1.82, 2.24) is 10.2 Å². The summed E-state index contributed by atoms with van der Waals surface area (Å²) in [5.74, 6) is -1.13. The lowest BCUT2D eigenvalue weighted by Gasteiger charge is -2.30. The predicted molar refractivity (Wildman–Crippen MR) is 94.3 cm³/mol. The van der Waals surface area contributed by atoms with E-state index in [2.05, 4.69) is 5.32 Å². The largest absolute Gasteiger partial charge is 0.507 e. The molecule has 6 nitrogen and oxygen atoms in total. The zero-order valence-corrected chi connectivity index (χ0v) is 15.0. The number of nitrogens with one attached hydrogen (secondary N) is 1. The van der Waals surface area contributed by atoms with Crippen molar-refractivity contribution in [2.24, 2.45) is 0 Å². The smallest absolute Gasteiger partial charge is 0.337 e. The van der Waals surface area contributed by atoms with Crippen LogP contribution < -0.4 is 5.32 Å². The number of nitrogens with zero attached hydrogens (tertiary/aromatic N) is 1. The minimum absolute atomic E-state index is 0.0586. The van der Waals surface area contributed by atoms with Crippen LogP contribution >= 0.6 is 0 Å². The predicted octanol–water partition coefficient (Wildman–Crippen LogP) is 2.63. The molecule has 1 aromatic carbocycles. The molecule has 134 valence electrons. The first-order valence-corrected chi connectivity index (χ1v) is 8.19. The van der Waals surface area contributed by atoms with E-state index < -0.39 is 11.6 Å². The quantitative estimate of drug-likeness (QED) is 0.488. The number of hydrogen-bond donors (Lipinski definition) is 2. The highest BCUT2D eigenvalue weighted by Gasteiger charge is 2.40. The van der Waals surface area contributed by atoms with E-state index in [0.717, 1.165) is 5.56 Å². The zero-order valence-electron chi connectivity index (χ0n) is 15.0. The van der Waals surface area contributed by atoms with E-state index in [0.29, 0.717) is 6.54 Å². The van der Waals surface area contributed by atoms with E-state index >= 15 is 0 Å². The van der Waals surface area contributed by atoms with E-state index in [-0.39, 0.29) is 29.5 Å². The fraction of sp³-hybridized carbons (Fsp3) is 0.368. The molecule has 0 saturated carbocycles. The van der Waals surface area contributed by atoms with Gasteiger partial charge in [-0.15, -0.1) is 0 Å². The molecule has 1 aromatic rings. The number of esters is 1. The van der Waals surface area contributed by atoms with Gasteiger partial charge in [-0.2, -0.15) is 0 Å². The van der Waals surface area contributed by atoms with Crippen LogP contribution in [0.5, 0.6) is 0 Å². The van der Waals surface area contributed by atoms with Crippen LogP contribution in [0.15, 0.2) is 53.4 Å². The van der Waals surface area contributed by atoms with Crippen LogP contribution in [-0.2, 0) is 20.9 Å². The molecule has 1 fully saturated rings. The van der Waals surface area contributed by atoms with E-state index in [1.807, 2.05) is 44.2 Å². The van der Waals surface area contributed by atoms with Gasteiger partial charge in [0.15, 0.2) is 0 Å². The third-order valence-corrected chi connectivity index (χ3v) is 4.02. The highest BCUT2D eigenvalue weighted by molar-refractivity contribution is 5.97. The van der Waals surface area contributed by atoms with Gasteiger partial charge in [0.1, 0.15) is 17.1 Å². The Bertz CT molecular complexity index is 720. The maximum absolute atomic E-state index is 12.7. The number of carbonyl (C=O) groups excluding carboxylic acids is 2. The molecule has 0 aromatic heterocycles. The van der Waals surface area contributed by atoms with Crippen LogP contribution in [0.2, 0.25) is 0 Å². The first-order valence-electron chi connectivity index (χ1n) is 8.19. The number of ether oxygens (including phenoxy) is 1. The summed E-state index contributed by atoms with van der Waals surface area (Å²) in [5.41, 5.74) is 0.691. The number of allylic oxidation sites excluding steroid dienone is 1. The van der Waals surface area contributed by atoms with Crippen molar-refractivity contribution in [2.75, 3.05) is 6.61 Å². The second-order valence-electron chi connectivity index (χ2n) is 6.35. The number of hydrogen-bond acceptors (Lipinski definition) is 5. The number of rotatable bonds is 5. The highest BCUT2D eigenvalue weighted by Crippen LogP contribution is 2.26. The third kappa shape index (κ3) is 4.21. The zero-order chi connectivity index (χ0) is 18.6. The number of carbonyl (C=O) groups is 2. The molecule has 1 saturated heterocycles. The summed E-state index contributed by atoms with van der Waals surface area (Å²) in [5, 5.41) is 13.2. The minimum atomic E-state index is -0.614. The molecule has 0 aliphatic carbocycles. The maximum atomic E-state index is 12.7. The van der Waals surface area contributed by atoms with E-state index in [1.54, 1.807) is 11.8 Å². The van der Waals surface area contributed by atoms with Crippen LogP contribution in [0.3, 0.4) is 0 Å². The third-order valence-electron chi connectivity index (χ3n) is 4.02. The van der Waals surface area contributed by atoms with Gasteiger partial charge in [-0.25, -0.2) is 4.79 Å². The molecule has 0 unspecified atom stereocenters. The van der Waals surface area contributed by atoms with Gasteiger partial charge in [0.25, 0.3) is 5.91 Å². The van der Waals surface area contributed by atoms with Crippen LogP contribution in [0, 0.1) is 0 Å². The molecule has 1 heterocycles. The van der Waals surface area contributed by atoms with Crippen molar-refractivity contribution in [3.8, 4) is 0 Å². The van der Waals surface area contributed by atoms with Crippen LogP contribution in [-0.4, -0.2) is 34.2 Å². The Morgan fingerprint density at radius 3 is 2.56 bits per heavy atom. The van der Waals surface area contributed by atoms with Gasteiger partial charge in [-0.05, 0) is 33.3 Å². The fourth-order valence-corrected chi connectivity index (χ4v) is 2.57. The van der Waals surface area contributed by atoms with Crippen molar-refractivity contribution in [3.63, 3.8) is 0 Å². The number of amides is 1. The molecule has 1 aliphatic heterocycles. The van der Waals surface area contributed by atoms with E-state index in [1.165, 1.54) is 13.0 Å². The molecule has 0 spiro atoms. The Balaban J connectivity index is 2.25. The summed E-state index contributed by atoms with van der Waals surface area (Å²) in [6.45, 7) is 7.57. The van der Waals surface area contributed by atoms with Crippen molar-refractivity contribution < 1.29 is 19.4 Å². The summed E-state index contributed by atoms with van der Waals surface area (Å²) in [6, 6.07) is 9.67. The Morgan fingerprint density at radius 1 is 1.32 bits per heavy atom. The van der Waals surface area contributed by atoms with Crippen molar-refractivity contribution in [2.45, 2.75) is 39.9 Å². The molecular formula is C19H24N2O4. The second kappa shape index (κ2) is 7.42. The number of aliphatic hydroxyl groups is 1. The topological polar surface area (TPSA) is 78.9 Å². The average Bonchev–Trinajstić information content (AvgIpc) is 2.78. The summed E-state index contributed by atoms with van der Waals surface area (Å²) >= 11 is 0. The molecule has 1 aliphatic rings. The van der Waals surface area contributed by atoms with Gasteiger partial charge in [0.2, 0.25) is 0 Å². The highest BCUT2D eigenvalue weighted by atomic mass is 16.5. The molecule has 0 radical (unpaired) electrons. The molecule has 0 bridgehead atoms. The molecule has 1 amide bonds. The van der Waals surface area contributed by atoms with Gasteiger partial charge in [0.05, 0.1) is 12.2 Å². The van der Waals surface area contributed by atoms with Gasteiger partial charge in [-0.1, -0.05) is 30.3 Å². The number of aliphatic hydroxyl groups excluding tert-OH is 1. The Kier molecular flexibility index (Phi) is 5.51. The molecule has 6 heteroatoms. The number of benzene rings is 1. The lowest BCUT2D eigenvalue weighted by molar-refractivity contribution is -0.138. The van der Waals surface area contributed by atoms with Gasteiger partial charge >= 0.3 is 5.97 Å². The van der Waals surface area contributed by atoms with E-state index in [4.69, 9.17) is 4.74 Å². The summed E-state index contributed by atoms with van der Waals surface area (Å²) < 4.78 is 4.86. The van der Waals surface area contributed by atoms with Gasteiger partial charge in [-0.3, -0.25) is 4.79 Å². The summed E-state index contributed by atoms with van der Waals surface area (Å²) in [6.07, 6.45) is 1.28. The first-order chi connectivity index (χ1) is 11.8. The SMILES string of the molecule is CCOC(=O)/C(C)=C(O)/C=C1\NC(C)(C)N(Cc2ccccc2)C1=O. The standard InChI is InChI=1S/C19H24N2O4/c1-5-25-18(24)13(2)16(22)11-15-17(23)21(19(3,4)20-15)12-14-9-7-6-8-10-14/h6-11,20,22H,5,12H2,1-4H3/b15-11-,16-13-. The lowest BCUT2D eigenvalue weighted by Crippen LogP contribution is -2.46. The van der Waals surface area contributed by atoms with Crippen molar-refractivity contribution in [1.29, 1.82) is 0 Å². The normalized spacial score (nSPS) is 18.8. The van der Waals surface area contributed by atoms with Crippen LogP contribution in [0.25, 0.3) is 0 Å². The molecule has 0 atom stereocenters. The Hall–Kier alpha value is -2.76.